The van der Waals surface area contributed by atoms with Crippen LogP contribution < -0.4 is 4.74 Å². The van der Waals surface area contributed by atoms with Gasteiger partial charge >= 0.3 is 0 Å². The van der Waals surface area contributed by atoms with Gasteiger partial charge in [0.2, 0.25) is 5.91 Å². The predicted octanol–water partition coefficient (Wildman–Crippen LogP) is 1.10. The number of carbonyl (C=O) groups excluding carboxylic acids is 1. The highest BCUT2D eigenvalue weighted by atomic mass is 16.5. The summed E-state index contributed by atoms with van der Waals surface area (Å²) in [4.78, 5) is 13.3. The number of amides is 1. The van der Waals surface area contributed by atoms with Gasteiger partial charge < -0.3 is 14.7 Å². The molecule has 1 heterocycles. The summed E-state index contributed by atoms with van der Waals surface area (Å²) in [5.74, 6) is -0.152. The summed E-state index contributed by atoms with van der Waals surface area (Å²) in [6.07, 6.45) is -0.607. The molecule has 1 N–H and O–H groups in total. The molecule has 1 fully saturated rings. The van der Waals surface area contributed by atoms with Crippen molar-refractivity contribution in [1.82, 2.24) is 4.90 Å². The molecule has 0 bridgehead atoms. The number of β-lactam (4-membered cyclic amide) rings is 1. The van der Waals surface area contributed by atoms with Gasteiger partial charge in [-0.2, -0.15) is 5.26 Å². The summed E-state index contributed by atoms with van der Waals surface area (Å²) in [5.41, 5.74) is 0.882. The zero-order valence-electron chi connectivity index (χ0n) is 10.9. The van der Waals surface area contributed by atoms with Crippen LogP contribution in [0.4, 0.5) is 0 Å². The third kappa shape index (κ3) is 2.40. The molecule has 5 nitrogen and oxygen atoms in total. The Morgan fingerprint density at radius 3 is 2.58 bits per heavy atom. The van der Waals surface area contributed by atoms with Gasteiger partial charge in [-0.25, -0.2) is 0 Å². The number of aliphatic hydroxyl groups excluding tert-OH is 1. The van der Waals surface area contributed by atoms with Gasteiger partial charge in [0, 0.05) is 6.54 Å². The molecular formula is C14H16N2O3. The minimum absolute atomic E-state index is 0.218. The first-order chi connectivity index (χ1) is 9.08. The van der Waals surface area contributed by atoms with Crippen LogP contribution in [0.25, 0.3) is 0 Å². The van der Waals surface area contributed by atoms with Crippen LogP contribution in [0.5, 0.6) is 5.75 Å². The number of nitriles is 1. The third-order valence-electron chi connectivity index (χ3n) is 3.26. The van der Waals surface area contributed by atoms with Crippen LogP contribution >= 0.6 is 0 Å². The monoisotopic (exact) mass is 260 g/mol. The number of aliphatic hydroxyl groups is 1. The second-order valence-corrected chi connectivity index (χ2v) is 4.66. The van der Waals surface area contributed by atoms with Gasteiger partial charge in [0.15, 0.2) is 0 Å². The van der Waals surface area contributed by atoms with Crippen LogP contribution in [0.3, 0.4) is 0 Å². The quantitative estimate of drug-likeness (QED) is 0.823. The molecule has 0 aliphatic carbocycles. The SMILES string of the molecule is COc1ccc([C@@H]2[C@H](C#N)C(=O)N2CC(C)O)cc1. The summed E-state index contributed by atoms with van der Waals surface area (Å²) < 4.78 is 5.08. The van der Waals surface area contributed by atoms with Gasteiger partial charge in [-0.15, -0.1) is 0 Å². The number of hydrogen-bond acceptors (Lipinski definition) is 4. The summed E-state index contributed by atoms with van der Waals surface area (Å²) >= 11 is 0. The summed E-state index contributed by atoms with van der Waals surface area (Å²) in [6, 6.07) is 9.03. The zero-order valence-corrected chi connectivity index (χ0v) is 10.9. The molecule has 1 amide bonds. The third-order valence-corrected chi connectivity index (χ3v) is 3.26. The standard InChI is InChI=1S/C14H16N2O3/c1-9(17)8-16-13(12(7-15)14(16)18)10-3-5-11(19-2)6-4-10/h3-6,9,12-13,17H,8H2,1-2H3/t9?,12-,13+/m0/s1. The fourth-order valence-corrected chi connectivity index (χ4v) is 2.34. The normalized spacial score (nSPS) is 23.5. The van der Waals surface area contributed by atoms with Gasteiger partial charge in [-0.05, 0) is 24.6 Å². The summed E-state index contributed by atoms with van der Waals surface area (Å²) in [5, 5.41) is 18.5. The molecule has 1 aromatic rings. The van der Waals surface area contributed by atoms with Crippen LogP contribution in [0.2, 0.25) is 0 Å². The lowest BCUT2D eigenvalue weighted by Crippen LogP contribution is -2.56. The van der Waals surface area contributed by atoms with Crippen molar-refractivity contribution in [2.45, 2.75) is 19.1 Å². The van der Waals surface area contributed by atoms with Crippen LogP contribution in [-0.2, 0) is 4.79 Å². The van der Waals surface area contributed by atoms with E-state index in [1.54, 1.807) is 31.1 Å². The van der Waals surface area contributed by atoms with Gasteiger partial charge in [0.05, 0.1) is 25.3 Å². The number of carbonyl (C=O) groups is 1. The van der Waals surface area contributed by atoms with E-state index in [2.05, 4.69) is 0 Å². The summed E-state index contributed by atoms with van der Waals surface area (Å²) in [7, 11) is 1.58. The Balaban J connectivity index is 2.23. The van der Waals surface area contributed by atoms with E-state index < -0.39 is 12.0 Å². The number of rotatable bonds is 4. The first-order valence-electron chi connectivity index (χ1n) is 6.10. The van der Waals surface area contributed by atoms with E-state index in [0.29, 0.717) is 0 Å². The maximum Gasteiger partial charge on any atom is 0.243 e. The Kier molecular flexibility index (Phi) is 3.72. The molecule has 3 atom stereocenters. The van der Waals surface area contributed by atoms with Crippen molar-refractivity contribution in [1.29, 1.82) is 5.26 Å². The number of likely N-dealkylation sites (tertiary alicyclic amines) is 1. The first-order valence-corrected chi connectivity index (χ1v) is 6.10. The molecule has 0 radical (unpaired) electrons. The molecule has 1 aliphatic heterocycles. The van der Waals surface area contributed by atoms with Gasteiger partial charge in [-0.1, -0.05) is 12.1 Å². The molecule has 1 saturated heterocycles. The number of methoxy groups -OCH3 is 1. The van der Waals surface area contributed by atoms with Crippen LogP contribution in [0, 0.1) is 17.2 Å². The van der Waals surface area contributed by atoms with Crippen molar-refractivity contribution in [2.24, 2.45) is 5.92 Å². The van der Waals surface area contributed by atoms with E-state index in [4.69, 9.17) is 10.00 Å². The fraction of sp³-hybridized carbons (Fsp3) is 0.429. The topological polar surface area (TPSA) is 73.6 Å². The van der Waals surface area contributed by atoms with E-state index >= 15 is 0 Å². The highest BCUT2D eigenvalue weighted by molar-refractivity contribution is 5.89. The smallest absolute Gasteiger partial charge is 0.243 e. The van der Waals surface area contributed by atoms with Crippen molar-refractivity contribution >= 4 is 5.91 Å². The van der Waals surface area contributed by atoms with Gasteiger partial charge in [-0.3, -0.25) is 4.79 Å². The molecular weight excluding hydrogens is 244 g/mol. The number of nitrogens with zero attached hydrogens (tertiary/aromatic N) is 2. The Bertz CT molecular complexity index is 504. The van der Waals surface area contributed by atoms with Crippen LogP contribution in [0.15, 0.2) is 24.3 Å². The van der Waals surface area contributed by atoms with Crippen molar-refractivity contribution in [3.63, 3.8) is 0 Å². The Hall–Kier alpha value is -2.06. The van der Waals surface area contributed by atoms with Crippen molar-refractivity contribution in [3.8, 4) is 11.8 Å². The molecule has 1 unspecified atom stereocenters. The lowest BCUT2D eigenvalue weighted by molar-refractivity contribution is -0.154. The molecule has 0 spiro atoms. The van der Waals surface area contributed by atoms with E-state index in [0.717, 1.165) is 11.3 Å². The van der Waals surface area contributed by atoms with Crippen molar-refractivity contribution in [2.75, 3.05) is 13.7 Å². The molecule has 100 valence electrons. The molecule has 1 aliphatic rings. The lowest BCUT2D eigenvalue weighted by Gasteiger charge is -2.45. The van der Waals surface area contributed by atoms with E-state index in [-0.39, 0.29) is 18.5 Å². The zero-order chi connectivity index (χ0) is 14.0. The van der Waals surface area contributed by atoms with Crippen molar-refractivity contribution < 1.29 is 14.6 Å². The second kappa shape index (κ2) is 5.29. The lowest BCUT2D eigenvalue weighted by atomic mass is 9.83. The molecule has 19 heavy (non-hydrogen) atoms. The number of β-amino-alcohol motifs (C(OH)–C–C–N with tert-alkyl or cyclic N) is 1. The molecule has 0 saturated carbocycles. The highest BCUT2D eigenvalue weighted by Crippen LogP contribution is 2.40. The Morgan fingerprint density at radius 2 is 2.11 bits per heavy atom. The highest BCUT2D eigenvalue weighted by Gasteiger charge is 2.48. The summed E-state index contributed by atoms with van der Waals surface area (Å²) in [6.45, 7) is 1.87. The van der Waals surface area contributed by atoms with Crippen LogP contribution in [-0.4, -0.2) is 35.7 Å². The van der Waals surface area contributed by atoms with Gasteiger partial charge in [0.1, 0.15) is 11.7 Å². The molecule has 5 heteroatoms. The minimum atomic E-state index is -0.660. The second-order valence-electron chi connectivity index (χ2n) is 4.66. The van der Waals surface area contributed by atoms with E-state index in [9.17, 15) is 9.90 Å². The number of ether oxygens (including phenoxy) is 1. The van der Waals surface area contributed by atoms with E-state index in [1.807, 2.05) is 18.2 Å². The molecule has 0 aromatic heterocycles. The van der Waals surface area contributed by atoms with Crippen molar-refractivity contribution in [3.05, 3.63) is 29.8 Å². The molecule has 2 rings (SSSR count). The predicted molar refractivity (Wildman–Crippen MR) is 68.2 cm³/mol. The molecule has 1 aromatic carbocycles. The minimum Gasteiger partial charge on any atom is -0.497 e. The number of benzene rings is 1. The fourth-order valence-electron chi connectivity index (χ4n) is 2.34. The van der Waals surface area contributed by atoms with E-state index in [1.165, 1.54) is 0 Å². The first kappa shape index (κ1) is 13.4. The maximum atomic E-state index is 11.8. The number of hydrogen-bond donors (Lipinski definition) is 1. The average Bonchev–Trinajstić information content (AvgIpc) is 2.42. The Morgan fingerprint density at radius 1 is 1.47 bits per heavy atom. The maximum absolute atomic E-state index is 11.8. The van der Waals surface area contributed by atoms with Crippen LogP contribution in [0.1, 0.15) is 18.5 Å². The average molecular weight is 260 g/mol. The largest absolute Gasteiger partial charge is 0.497 e. The Labute approximate surface area is 112 Å². The van der Waals surface area contributed by atoms with Gasteiger partial charge in [0.25, 0.3) is 0 Å².